The first kappa shape index (κ1) is 19.4. The van der Waals surface area contributed by atoms with Crippen molar-refractivity contribution in [3.8, 4) is 0 Å². The Hall–Kier alpha value is -0.630. The minimum absolute atomic E-state index is 0. The second-order valence-corrected chi connectivity index (χ2v) is 6.01. The fourth-order valence-corrected chi connectivity index (χ4v) is 2.97. The molecule has 0 spiro atoms. The molecule has 0 radical (unpaired) electrons. The summed E-state index contributed by atoms with van der Waals surface area (Å²) in [5.41, 5.74) is -3.65. The van der Waals surface area contributed by atoms with Crippen molar-refractivity contribution in [1.29, 1.82) is 0 Å². The van der Waals surface area contributed by atoms with Crippen LogP contribution < -0.4 is 5.32 Å². The number of rotatable bonds is 3. The van der Waals surface area contributed by atoms with Gasteiger partial charge in [0.25, 0.3) is 0 Å². The third-order valence-corrected chi connectivity index (χ3v) is 4.25. The van der Waals surface area contributed by atoms with Gasteiger partial charge < -0.3 is 10.2 Å². The van der Waals surface area contributed by atoms with E-state index in [9.17, 15) is 18.0 Å². The largest absolute Gasteiger partial charge is 0.442 e. The minimum Gasteiger partial charge on any atom is -0.332 e. The van der Waals surface area contributed by atoms with Gasteiger partial charge in [0.1, 0.15) is 0 Å². The zero-order valence-corrected chi connectivity index (χ0v) is 13.8. The van der Waals surface area contributed by atoms with E-state index in [2.05, 4.69) is 5.32 Å². The van der Waals surface area contributed by atoms with Crippen molar-refractivity contribution < 1.29 is 18.0 Å². The van der Waals surface area contributed by atoms with E-state index in [1.54, 1.807) is 24.3 Å². The topological polar surface area (TPSA) is 32.3 Å². The van der Waals surface area contributed by atoms with Crippen LogP contribution in [0.15, 0.2) is 24.3 Å². The molecule has 1 fully saturated rings. The van der Waals surface area contributed by atoms with Crippen LogP contribution in [-0.4, -0.2) is 41.7 Å². The van der Waals surface area contributed by atoms with Gasteiger partial charge in [-0.2, -0.15) is 13.2 Å². The van der Waals surface area contributed by atoms with Crippen LogP contribution in [0.25, 0.3) is 0 Å². The van der Waals surface area contributed by atoms with Crippen molar-refractivity contribution in [2.45, 2.75) is 11.6 Å². The summed E-state index contributed by atoms with van der Waals surface area (Å²) in [6.45, 7) is 1.41. The predicted octanol–water partition coefficient (Wildman–Crippen LogP) is 3.49. The van der Waals surface area contributed by atoms with E-state index in [1.807, 2.05) is 0 Å². The molecule has 1 aliphatic heterocycles. The normalized spacial score (nSPS) is 18.7. The van der Waals surface area contributed by atoms with Gasteiger partial charge in [-0.1, -0.05) is 29.8 Å². The summed E-state index contributed by atoms with van der Waals surface area (Å²) in [4.78, 5) is 13.5. The molecule has 22 heavy (non-hydrogen) atoms. The number of nitrogens with zero attached hydrogens (tertiary/aromatic N) is 1. The summed E-state index contributed by atoms with van der Waals surface area (Å²) in [6, 6.07) is 6.72. The lowest BCUT2D eigenvalue weighted by molar-refractivity contribution is -0.131. The van der Waals surface area contributed by atoms with Crippen LogP contribution in [0.4, 0.5) is 13.2 Å². The Balaban J connectivity index is 0.00000242. The molecule has 1 aliphatic rings. The number of benzene rings is 1. The molecule has 0 saturated carbocycles. The second-order valence-electron chi connectivity index (χ2n) is 4.56. The number of hydrogen-bond acceptors (Lipinski definition) is 3. The Bertz CT molecular complexity index is 516. The molecular weight excluding hydrogens is 360 g/mol. The van der Waals surface area contributed by atoms with Gasteiger partial charge in [0.15, 0.2) is 0 Å². The molecule has 1 aromatic rings. The summed E-state index contributed by atoms with van der Waals surface area (Å²) in [5, 5.41) is 3.64. The fourth-order valence-electron chi connectivity index (χ4n) is 2.25. The number of hydrogen-bond donors (Lipinski definition) is 1. The molecule has 0 aliphatic carbocycles. The smallest absolute Gasteiger partial charge is 0.332 e. The Morgan fingerprint density at radius 2 is 2.09 bits per heavy atom. The summed E-state index contributed by atoms with van der Waals surface area (Å²) in [5.74, 6) is -1.13. The van der Waals surface area contributed by atoms with Crippen LogP contribution in [0.1, 0.15) is 11.6 Å². The Kier molecular flexibility index (Phi) is 7.31. The molecule has 3 nitrogen and oxygen atoms in total. The van der Waals surface area contributed by atoms with Crippen LogP contribution in [0.2, 0.25) is 5.02 Å². The van der Waals surface area contributed by atoms with Gasteiger partial charge in [-0.15, -0.1) is 12.4 Å². The number of alkyl halides is 3. The van der Waals surface area contributed by atoms with Gasteiger partial charge >= 0.3 is 5.51 Å². The molecule has 9 heteroatoms. The second kappa shape index (κ2) is 8.29. The Morgan fingerprint density at radius 1 is 1.41 bits per heavy atom. The third-order valence-electron chi connectivity index (χ3n) is 3.19. The molecule has 0 bridgehead atoms. The van der Waals surface area contributed by atoms with E-state index >= 15 is 0 Å². The number of halogens is 5. The van der Waals surface area contributed by atoms with Crippen molar-refractivity contribution >= 4 is 41.7 Å². The predicted molar refractivity (Wildman–Crippen MR) is 84.5 cm³/mol. The van der Waals surface area contributed by atoms with Crippen molar-refractivity contribution in [1.82, 2.24) is 10.2 Å². The van der Waals surface area contributed by atoms with Crippen molar-refractivity contribution in [3.63, 3.8) is 0 Å². The Labute approximate surface area is 142 Å². The molecule has 1 atom stereocenters. The van der Waals surface area contributed by atoms with Gasteiger partial charge in [0.2, 0.25) is 5.91 Å². The maximum atomic E-state index is 12.2. The highest BCUT2D eigenvalue weighted by Gasteiger charge is 2.33. The van der Waals surface area contributed by atoms with E-state index in [0.717, 1.165) is 5.56 Å². The molecule has 1 aromatic carbocycles. The van der Waals surface area contributed by atoms with Crippen LogP contribution in [0.5, 0.6) is 0 Å². The molecule has 1 N–H and O–H groups in total. The highest BCUT2D eigenvalue weighted by molar-refractivity contribution is 8.00. The van der Waals surface area contributed by atoms with Crippen LogP contribution >= 0.6 is 35.8 Å². The zero-order valence-electron chi connectivity index (χ0n) is 11.4. The summed E-state index contributed by atoms with van der Waals surface area (Å²) in [6.07, 6.45) is 0. The van der Waals surface area contributed by atoms with Gasteiger partial charge in [-0.3, -0.25) is 4.79 Å². The summed E-state index contributed by atoms with van der Waals surface area (Å²) >= 11 is 5.82. The molecule has 2 rings (SSSR count). The number of thioether (sulfide) groups is 1. The van der Waals surface area contributed by atoms with E-state index in [0.29, 0.717) is 24.7 Å². The van der Waals surface area contributed by atoms with Crippen LogP contribution in [-0.2, 0) is 4.79 Å². The van der Waals surface area contributed by atoms with Gasteiger partial charge in [0.05, 0.1) is 11.8 Å². The maximum Gasteiger partial charge on any atom is 0.442 e. The van der Waals surface area contributed by atoms with Crippen molar-refractivity contribution in [3.05, 3.63) is 34.9 Å². The Morgan fingerprint density at radius 3 is 2.73 bits per heavy atom. The first-order valence-electron chi connectivity index (χ1n) is 6.34. The summed E-state index contributed by atoms with van der Waals surface area (Å²) in [7, 11) is 0. The molecule has 124 valence electrons. The highest BCUT2D eigenvalue weighted by atomic mass is 35.5. The SMILES string of the molecule is Cl.O=C(CSC(F)(F)F)N1CCNCC1c1ccccc1Cl. The van der Waals surface area contributed by atoms with Crippen molar-refractivity contribution in [2.75, 3.05) is 25.4 Å². The lowest BCUT2D eigenvalue weighted by atomic mass is 10.0. The minimum atomic E-state index is -4.40. The lowest BCUT2D eigenvalue weighted by Crippen LogP contribution is -2.49. The van der Waals surface area contributed by atoms with E-state index in [4.69, 9.17) is 11.6 Å². The molecule has 0 aromatic heterocycles. The molecule has 1 unspecified atom stereocenters. The molecule has 1 heterocycles. The molecule has 1 saturated heterocycles. The first-order chi connectivity index (χ1) is 9.88. The van der Waals surface area contributed by atoms with E-state index in [1.165, 1.54) is 4.90 Å². The average molecular weight is 375 g/mol. The van der Waals surface area contributed by atoms with E-state index in [-0.39, 0.29) is 30.2 Å². The molecule has 1 amide bonds. The number of piperazine rings is 1. The maximum absolute atomic E-state index is 12.2. The van der Waals surface area contributed by atoms with E-state index < -0.39 is 17.2 Å². The number of nitrogens with one attached hydrogen (secondary N) is 1. The summed E-state index contributed by atoms with van der Waals surface area (Å²) < 4.78 is 36.7. The van der Waals surface area contributed by atoms with Gasteiger partial charge in [-0.25, -0.2) is 0 Å². The number of carbonyl (C=O) groups excluding carboxylic acids is 1. The quantitative estimate of drug-likeness (QED) is 0.878. The third kappa shape index (κ3) is 5.22. The number of amides is 1. The fraction of sp³-hybridized carbons (Fsp3) is 0.462. The van der Waals surface area contributed by atoms with Crippen molar-refractivity contribution in [2.24, 2.45) is 0 Å². The average Bonchev–Trinajstić information content (AvgIpc) is 2.44. The highest BCUT2D eigenvalue weighted by Crippen LogP contribution is 2.32. The first-order valence-corrected chi connectivity index (χ1v) is 7.70. The monoisotopic (exact) mass is 374 g/mol. The van der Waals surface area contributed by atoms with Crippen LogP contribution in [0.3, 0.4) is 0 Å². The molecular formula is C13H15Cl2F3N2OS. The van der Waals surface area contributed by atoms with Gasteiger partial charge in [0, 0.05) is 24.7 Å². The number of carbonyl (C=O) groups is 1. The van der Waals surface area contributed by atoms with Crippen LogP contribution in [0, 0.1) is 0 Å². The lowest BCUT2D eigenvalue weighted by Gasteiger charge is -2.37. The zero-order chi connectivity index (χ0) is 15.5. The van der Waals surface area contributed by atoms with Gasteiger partial charge in [-0.05, 0) is 23.4 Å². The standard InChI is InChI=1S/C13H14ClF3N2OS.ClH/c14-10-4-2-1-3-9(10)11-7-18-5-6-19(11)12(20)8-21-13(15,16)17;/h1-4,11,18H,5-8H2;1H.